The summed E-state index contributed by atoms with van der Waals surface area (Å²) >= 11 is 0. The number of Topliss-reactive ketones (excluding diaryl/α,β-unsaturated/α-hetero) is 1. The van der Waals surface area contributed by atoms with Crippen LogP contribution in [0.1, 0.15) is 22.3 Å². The number of fused-ring (bicyclic) bond motifs is 5. The van der Waals surface area contributed by atoms with Crippen LogP contribution >= 0.6 is 0 Å². The third kappa shape index (κ3) is 0.843. The van der Waals surface area contributed by atoms with Gasteiger partial charge in [0.2, 0.25) is 0 Å². The quantitative estimate of drug-likeness (QED) is 0.550. The fourth-order valence-corrected chi connectivity index (χ4v) is 2.83. The summed E-state index contributed by atoms with van der Waals surface area (Å²) in [5.74, 6) is 0.308. The number of hydrogen-bond acceptors (Lipinski definition) is 1. The lowest BCUT2D eigenvalue weighted by atomic mass is 9.79. The zero-order valence-electron chi connectivity index (χ0n) is 8.79. The fourth-order valence-electron chi connectivity index (χ4n) is 2.83. The van der Waals surface area contributed by atoms with E-state index in [-0.39, 0.29) is 0 Å². The van der Waals surface area contributed by atoms with E-state index in [2.05, 4.69) is 36.4 Å². The van der Waals surface area contributed by atoms with Gasteiger partial charge in [0.15, 0.2) is 5.78 Å². The molecule has 4 rings (SSSR count). The van der Waals surface area contributed by atoms with E-state index in [4.69, 9.17) is 0 Å². The van der Waals surface area contributed by atoms with Gasteiger partial charge in [0.1, 0.15) is 0 Å². The van der Waals surface area contributed by atoms with Crippen molar-refractivity contribution in [1.29, 1.82) is 0 Å². The van der Waals surface area contributed by atoms with Crippen LogP contribution in [0.5, 0.6) is 0 Å². The van der Waals surface area contributed by atoms with Crippen molar-refractivity contribution in [3.8, 4) is 22.3 Å². The van der Waals surface area contributed by atoms with Crippen LogP contribution in [0.25, 0.3) is 22.3 Å². The van der Waals surface area contributed by atoms with Crippen molar-refractivity contribution < 1.29 is 4.79 Å². The number of ketones is 1. The molecule has 0 aliphatic heterocycles. The van der Waals surface area contributed by atoms with Crippen LogP contribution in [-0.4, -0.2) is 5.78 Å². The van der Waals surface area contributed by atoms with Crippen molar-refractivity contribution in [1.82, 2.24) is 0 Å². The molecule has 0 heterocycles. The molecule has 0 atom stereocenters. The Kier molecular flexibility index (Phi) is 1.35. The second-order valence-corrected chi connectivity index (χ2v) is 4.52. The van der Waals surface area contributed by atoms with E-state index in [9.17, 15) is 4.79 Å². The van der Waals surface area contributed by atoms with E-state index < -0.39 is 0 Å². The first-order valence-corrected chi connectivity index (χ1v) is 5.64. The second-order valence-electron chi connectivity index (χ2n) is 4.52. The third-order valence-electron chi connectivity index (χ3n) is 3.67. The van der Waals surface area contributed by atoms with Crippen molar-refractivity contribution in [2.75, 3.05) is 0 Å². The molecule has 0 amide bonds. The van der Waals surface area contributed by atoms with E-state index in [1.54, 1.807) is 0 Å². The third-order valence-corrected chi connectivity index (χ3v) is 3.67. The first kappa shape index (κ1) is 8.28. The Morgan fingerprint density at radius 2 is 1.44 bits per heavy atom. The molecule has 0 bridgehead atoms. The van der Waals surface area contributed by atoms with Gasteiger partial charge in [-0.25, -0.2) is 0 Å². The van der Waals surface area contributed by atoms with Gasteiger partial charge in [-0.15, -0.1) is 0 Å². The van der Waals surface area contributed by atoms with Gasteiger partial charge in [0.25, 0.3) is 0 Å². The lowest BCUT2D eigenvalue weighted by molar-refractivity contribution is 0.0994. The highest BCUT2D eigenvalue weighted by Gasteiger charge is 2.27. The molecule has 2 aromatic carbocycles. The van der Waals surface area contributed by atoms with Crippen LogP contribution in [0.2, 0.25) is 0 Å². The molecule has 0 saturated heterocycles. The summed E-state index contributed by atoms with van der Waals surface area (Å²) in [6.45, 7) is 0. The number of carbonyl (C=O) groups is 1. The molecule has 16 heavy (non-hydrogen) atoms. The van der Waals surface area contributed by atoms with E-state index in [1.807, 2.05) is 0 Å². The van der Waals surface area contributed by atoms with Gasteiger partial charge in [-0.3, -0.25) is 4.79 Å². The highest BCUT2D eigenvalue weighted by molar-refractivity contribution is 6.08. The number of carbonyl (C=O) groups excluding carboxylic acids is 1. The summed E-state index contributed by atoms with van der Waals surface area (Å²) in [5, 5.41) is 0. The average molecular weight is 206 g/mol. The summed E-state index contributed by atoms with van der Waals surface area (Å²) in [6, 6.07) is 12.7. The zero-order valence-corrected chi connectivity index (χ0v) is 8.79. The van der Waals surface area contributed by atoms with Gasteiger partial charge in [-0.2, -0.15) is 0 Å². The van der Waals surface area contributed by atoms with E-state index >= 15 is 0 Å². The summed E-state index contributed by atoms with van der Waals surface area (Å²) in [4.78, 5) is 11.7. The van der Waals surface area contributed by atoms with Crippen molar-refractivity contribution in [3.05, 3.63) is 47.5 Å². The van der Waals surface area contributed by atoms with Gasteiger partial charge in [-0.05, 0) is 46.4 Å². The van der Waals surface area contributed by atoms with Crippen LogP contribution in [0.3, 0.4) is 0 Å². The first-order chi connectivity index (χ1) is 7.84. The Labute approximate surface area is 93.7 Å². The van der Waals surface area contributed by atoms with Crippen LogP contribution in [0.15, 0.2) is 36.4 Å². The molecule has 76 valence electrons. The second kappa shape index (κ2) is 2.62. The van der Waals surface area contributed by atoms with E-state index in [0.717, 1.165) is 12.0 Å². The predicted molar refractivity (Wildman–Crippen MR) is 63.5 cm³/mol. The molecule has 2 aliphatic rings. The molecular weight excluding hydrogens is 196 g/mol. The number of benzene rings is 2. The van der Waals surface area contributed by atoms with Crippen molar-refractivity contribution in [2.45, 2.75) is 12.8 Å². The minimum absolute atomic E-state index is 0.308. The number of hydrogen-bond donors (Lipinski definition) is 0. The first-order valence-electron chi connectivity index (χ1n) is 5.64. The molecule has 0 spiro atoms. The Balaban J connectivity index is 2.00. The fraction of sp³-hybridized carbons (Fsp3) is 0.133. The molecule has 0 unspecified atom stereocenters. The van der Waals surface area contributed by atoms with Gasteiger partial charge in [-0.1, -0.05) is 24.3 Å². The zero-order chi connectivity index (χ0) is 10.7. The monoisotopic (exact) mass is 206 g/mol. The Morgan fingerprint density at radius 3 is 2.19 bits per heavy atom. The predicted octanol–water partition coefficient (Wildman–Crippen LogP) is 3.46. The Morgan fingerprint density at radius 1 is 0.750 bits per heavy atom. The molecular formula is C15H10O. The lowest BCUT2D eigenvalue weighted by Gasteiger charge is -2.24. The molecule has 1 nitrogen and oxygen atoms in total. The minimum Gasteiger partial charge on any atom is -0.294 e. The minimum atomic E-state index is 0.308. The molecule has 0 N–H and O–H groups in total. The largest absolute Gasteiger partial charge is 0.294 e. The highest BCUT2D eigenvalue weighted by Crippen LogP contribution is 2.48. The standard InChI is InChI=1S/C15H10O/c16-15-6-5-9-7-13-10-3-1-2-4-11(10)14(13)8-12(9)15/h1-4,7-8H,5-6H2. The molecule has 0 fully saturated rings. The average Bonchev–Trinajstić information content (AvgIpc) is 2.67. The summed E-state index contributed by atoms with van der Waals surface area (Å²) in [7, 11) is 0. The maximum Gasteiger partial charge on any atom is 0.163 e. The highest BCUT2D eigenvalue weighted by atomic mass is 16.1. The number of aryl methyl sites for hydroxylation is 1. The molecule has 0 saturated carbocycles. The van der Waals surface area contributed by atoms with Crippen LogP contribution in [-0.2, 0) is 6.42 Å². The normalized spacial score (nSPS) is 15.1. The van der Waals surface area contributed by atoms with Gasteiger partial charge < -0.3 is 0 Å². The Bertz CT molecular complexity index is 638. The molecule has 0 radical (unpaired) electrons. The van der Waals surface area contributed by atoms with E-state index in [0.29, 0.717) is 12.2 Å². The lowest BCUT2D eigenvalue weighted by Crippen LogP contribution is -2.01. The van der Waals surface area contributed by atoms with Gasteiger partial charge >= 0.3 is 0 Å². The van der Waals surface area contributed by atoms with Gasteiger partial charge in [0, 0.05) is 12.0 Å². The van der Waals surface area contributed by atoms with Crippen LogP contribution < -0.4 is 0 Å². The maximum atomic E-state index is 11.7. The SMILES string of the molecule is O=C1CCc2cc3c(cc21)-c1ccccc1-3. The Hall–Kier alpha value is -1.89. The topological polar surface area (TPSA) is 17.1 Å². The van der Waals surface area contributed by atoms with Crippen molar-refractivity contribution in [3.63, 3.8) is 0 Å². The van der Waals surface area contributed by atoms with Crippen LogP contribution in [0.4, 0.5) is 0 Å². The van der Waals surface area contributed by atoms with Gasteiger partial charge in [0.05, 0.1) is 0 Å². The summed E-state index contributed by atoms with van der Waals surface area (Å²) in [5.41, 5.74) is 7.39. The maximum absolute atomic E-state index is 11.7. The number of rotatable bonds is 0. The van der Waals surface area contributed by atoms with Crippen molar-refractivity contribution >= 4 is 5.78 Å². The summed E-state index contributed by atoms with van der Waals surface area (Å²) < 4.78 is 0. The summed E-state index contributed by atoms with van der Waals surface area (Å²) in [6.07, 6.45) is 1.61. The molecule has 2 aromatic rings. The van der Waals surface area contributed by atoms with E-state index in [1.165, 1.54) is 27.8 Å². The molecule has 1 heteroatoms. The van der Waals surface area contributed by atoms with Crippen LogP contribution in [0, 0.1) is 0 Å². The van der Waals surface area contributed by atoms with Crippen molar-refractivity contribution in [2.24, 2.45) is 0 Å². The molecule has 2 aliphatic carbocycles. The molecule has 0 aromatic heterocycles. The smallest absolute Gasteiger partial charge is 0.163 e.